The second kappa shape index (κ2) is 8.50. The molecule has 0 N–H and O–H groups in total. The van der Waals surface area contributed by atoms with E-state index in [1.165, 1.54) is 26.1 Å². The zero-order chi connectivity index (χ0) is 6.41. The third-order valence-electron chi connectivity index (χ3n) is 1.43. The van der Waals surface area contributed by atoms with Gasteiger partial charge in [0.2, 0.25) is 0 Å². The molecule has 0 aliphatic carbocycles. The van der Waals surface area contributed by atoms with E-state index in [1.54, 1.807) is 0 Å². The standard InChI is InChI=1S/C7H17N.GeH4/c1-4-7-8(5-2)6-3;/h4-7H2,1-3H3;1H4. The van der Waals surface area contributed by atoms with Crippen LogP contribution in [0, 0.1) is 0 Å². The summed E-state index contributed by atoms with van der Waals surface area (Å²) in [5.74, 6) is 0. The van der Waals surface area contributed by atoms with Gasteiger partial charge in [0.25, 0.3) is 0 Å². The Morgan fingerprint density at radius 3 is 1.56 bits per heavy atom. The maximum absolute atomic E-state index is 2.43. The molecule has 0 amide bonds. The monoisotopic (exact) mass is 193 g/mol. The van der Waals surface area contributed by atoms with Crippen molar-refractivity contribution in [2.24, 2.45) is 0 Å². The van der Waals surface area contributed by atoms with Crippen LogP contribution in [0.4, 0.5) is 0 Å². The minimum atomic E-state index is 0. The Hall–Kier alpha value is 0.503. The summed E-state index contributed by atoms with van der Waals surface area (Å²) in [7, 11) is 0. The summed E-state index contributed by atoms with van der Waals surface area (Å²) in [5, 5.41) is 0. The molecule has 0 fully saturated rings. The number of nitrogens with zero attached hydrogens (tertiary/aromatic N) is 1. The van der Waals surface area contributed by atoms with E-state index in [0.717, 1.165) is 0 Å². The summed E-state index contributed by atoms with van der Waals surface area (Å²) in [6, 6.07) is 0. The van der Waals surface area contributed by atoms with Gasteiger partial charge in [0.15, 0.2) is 0 Å². The summed E-state index contributed by atoms with van der Waals surface area (Å²) in [6.07, 6.45) is 1.28. The molecule has 9 heavy (non-hydrogen) atoms. The van der Waals surface area contributed by atoms with Gasteiger partial charge >= 0.3 is 17.6 Å². The zero-order valence-electron chi connectivity index (χ0n) is 6.28. The number of rotatable bonds is 4. The number of hydrogen-bond donors (Lipinski definition) is 0. The second-order valence-corrected chi connectivity index (χ2v) is 2.03. The van der Waals surface area contributed by atoms with E-state index in [1.807, 2.05) is 0 Å². The van der Waals surface area contributed by atoms with E-state index in [4.69, 9.17) is 0 Å². The molecule has 0 aromatic rings. The van der Waals surface area contributed by atoms with Crippen LogP contribution >= 0.6 is 0 Å². The van der Waals surface area contributed by atoms with Crippen LogP contribution in [-0.4, -0.2) is 42.1 Å². The van der Waals surface area contributed by atoms with Gasteiger partial charge in [-0.15, -0.1) is 0 Å². The van der Waals surface area contributed by atoms with E-state index in [0.29, 0.717) is 0 Å². The van der Waals surface area contributed by atoms with Crippen molar-refractivity contribution in [2.75, 3.05) is 19.6 Å². The molecule has 0 bridgehead atoms. The maximum atomic E-state index is 2.43. The summed E-state index contributed by atoms with van der Waals surface area (Å²) in [5.41, 5.74) is 0. The van der Waals surface area contributed by atoms with Crippen LogP contribution in [-0.2, 0) is 0 Å². The van der Waals surface area contributed by atoms with Crippen LogP contribution in [0.2, 0.25) is 0 Å². The molecule has 0 radical (unpaired) electrons. The first-order valence-corrected chi connectivity index (χ1v) is 3.57. The summed E-state index contributed by atoms with van der Waals surface area (Å²) in [4.78, 5) is 2.43. The molecule has 1 nitrogen and oxygen atoms in total. The van der Waals surface area contributed by atoms with Gasteiger partial charge in [0.05, 0.1) is 0 Å². The third-order valence-corrected chi connectivity index (χ3v) is 1.43. The van der Waals surface area contributed by atoms with Crippen molar-refractivity contribution < 1.29 is 0 Å². The Labute approximate surface area is 69.8 Å². The van der Waals surface area contributed by atoms with Crippen molar-refractivity contribution >= 4 is 17.6 Å². The van der Waals surface area contributed by atoms with Crippen LogP contribution in [0.3, 0.4) is 0 Å². The fraction of sp³-hybridized carbons (Fsp3) is 1.00. The Balaban J connectivity index is 0. The SMILES string of the molecule is CCCN(CC)CC.[GeH4]. The topological polar surface area (TPSA) is 3.24 Å². The molecule has 0 saturated carbocycles. The Bertz CT molecular complexity index is 44.2. The quantitative estimate of drug-likeness (QED) is 0.578. The van der Waals surface area contributed by atoms with Crippen molar-refractivity contribution in [3.05, 3.63) is 0 Å². The van der Waals surface area contributed by atoms with Crippen LogP contribution in [0.15, 0.2) is 0 Å². The van der Waals surface area contributed by atoms with Crippen LogP contribution in [0.25, 0.3) is 0 Å². The number of hydrogen-bond acceptors (Lipinski definition) is 1. The van der Waals surface area contributed by atoms with Crippen LogP contribution in [0.1, 0.15) is 27.2 Å². The van der Waals surface area contributed by atoms with Crippen LogP contribution < -0.4 is 0 Å². The Morgan fingerprint density at radius 1 is 1.00 bits per heavy atom. The van der Waals surface area contributed by atoms with Crippen molar-refractivity contribution in [3.8, 4) is 0 Å². The molecule has 0 aromatic carbocycles. The fourth-order valence-corrected chi connectivity index (χ4v) is 0.856. The van der Waals surface area contributed by atoms with Gasteiger partial charge in [-0.2, -0.15) is 0 Å². The van der Waals surface area contributed by atoms with Gasteiger partial charge in [0.1, 0.15) is 0 Å². The van der Waals surface area contributed by atoms with Gasteiger partial charge in [-0.1, -0.05) is 20.8 Å². The first-order chi connectivity index (χ1) is 3.85. The molecule has 0 saturated heterocycles. The average molecular weight is 192 g/mol. The fourth-order valence-electron chi connectivity index (χ4n) is 0.856. The van der Waals surface area contributed by atoms with Gasteiger partial charge < -0.3 is 4.90 Å². The zero-order valence-corrected chi connectivity index (χ0v) is 6.28. The Morgan fingerprint density at radius 2 is 1.44 bits per heavy atom. The van der Waals surface area contributed by atoms with Gasteiger partial charge in [-0.05, 0) is 26.1 Å². The molecule has 2 heteroatoms. The van der Waals surface area contributed by atoms with E-state index >= 15 is 0 Å². The van der Waals surface area contributed by atoms with E-state index in [9.17, 15) is 0 Å². The summed E-state index contributed by atoms with van der Waals surface area (Å²) < 4.78 is 0. The molecule has 58 valence electrons. The molecule has 0 atom stereocenters. The van der Waals surface area contributed by atoms with E-state index in [-0.39, 0.29) is 17.6 Å². The predicted molar refractivity (Wildman–Crippen MR) is 49.4 cm³/mol. The van der Waals surface area contributed by atoms with Gasteiger partial charge in [-0.25, -0.2) is 0 Å². The molecule has 0 rings (SSSR count). The van der Waals surface area contributed by atoms with Crippen molar-refractivity contribution in [1.82, 2.24) is 4.90 Å². The molecule has 0 aliphatic heterocycles. The first-order valence-electron chi connectivity index (χ1n) is 3.57. The molecule has 0 aromatic heterocycles. The molecule has 0 unspecified atom stereocenters. The van der Waals surface area contributed by atoms with Gasteiger partial charge in [0, 0.05) is 0 Å². The van der Waals surface area contributed by atoms with Crippen molar-refractivity contribution in [2.45, 2.75) is 27.2 Å². The third kappa shape index (κ3) is 6.39. The van der Waals surface area contributed by atoms with Gasteiger partial charge in [-0.3, -0.25) is 0 Å². The van der Waals surface area contributed by atoms with Crippen molar-refractivity contribution in [1.29, 1.82) is 0 Å². The van der Waals surface area contributed by atoms with Crippen molar-refractivity contribution in [3.63, 3.8) is 0 Å². The van der Waals surface area contributed by atoms with E-state index in [2.05, 4.69) is 25.7 Å². The minimum absolute atomic E-state index is 0. The molecule has 0 aliphatic rings. The molecule has 0 heterocycles. The average Bonchev–Trinajstić information content (AvgIpc) is 1.83. The van der Waals surface area contributed by atoms with E-state index < -0.39 is 0 Å². The molecule has 0 spiro atoms. The van der Waals surface area contributed by atoms with Crippen LogP contribution in [0.5, 0.6) is 0 Å². The summed E-state index contributed by atoms with van der Waals surface area (Å²) in [6.45, 7) is 10.3. The molecular weight excluding hydrogens is 171 g/mol. The Kier molecular flexibility index (Phi) is 11.5. The second-order valence-electron chi connectivity index (χ2n) is 2.03. The predicted octanol–water partition coefficient (Wildman–Crippen LogP) is 0.287. The summed E-state index contributed by atoms with van der Waals surface area (Å²) >= 11 is 0. The molecular formula is C7H21GeN. The normalized spacial score (nSPS) is 9.33. The first kappa shape index (κ1) is 12.2.